The normalized spacial score (nSPS) is 12.7. The van der Waals surface area contributed by atoms with Gasteiger partial charge in [0.15, 0.2) is 16.8 Å². The molecule has 1 N–H and O–H groups in total. The van der Waals surface area contributed by atoms with E-state index in [1.165, 1.54) is 17.5 Å². The average molecular weight is 486 g/mol. The third-order valence-electron chi connectivity index (χ3n) is 5.58. The molecule has 1 amide bonds. The van der Waals surface area contributed by atoms with E-state index in [9.17, 15) is 9.59 Å². The van der Waals surface area contributed by atoms with E-state index in [0.29, 0.717) is 41.8 Å². The molecule has 0 atom stereocenters. The summed E-state index contributed by atoms with van der Waals surface area (Å²) in [6.07, 6.45) is 2.14. The van der Waals surface area contributed by atoms with Crippen molar-refractivity contribution in [3.05, 3.63) is 88.6 Å². The van der Waals surface area contributed by atoms with Crippen molar-refractivity contribution in [1.29, 1.82) is 0 Å². The molecule has 0 bridgehead atoms. The summed E-state index contributed by atoms with van der Waals surface area (Å²) in [6, 6.07) is 18.8. The minimum atomic E-state index is -0.504. The number of esters is 1. The Bertz CT molecular complexity index is 1360. The van der Waals surface area contributed by atoms with Crippen LogP contribution in [0.2, 0.25) is 0 Å². The van der Waals surface area contributed by atoms with E-state index >= 15 is 0 Å². The van der Waals surface area contributed by atoms with E-state index in [2.05, 4.69) is 15.3 Å². The molecular formula is C26H23N5O3S. The Hall–Kier alpha value is -4.11. The molecule has 9 heteroatoms. The smallest absolute Gasteiger partial charge is 0.343 e. The Balaban J connectivity index is 1.41. The molecule has 5 rings (SSSR count). The quantitative estimate of drug-likeness (QED) is 0.395. The number of thiazole rings is 1. The highest BCUT2D eigenvalue weighted by Crippen LogP contribution is 2.32. The summed E-state index contributed by atoms with van der Waals surface area (Å²) < 4.78 is 5.20. The molecule has 3 heterocycles. The number of benzene rings is 2. The maximum atomic E-state index is 12.9. The van der Waals surface area contributed by atoms with Gasteiger partial charge in [0, 0.05) is 35.2 Å². The van der Waals surface area contributed by atoms with Crippen molar-refractivity contribution in [3.63, 3.8) is 0 Å². The van der Waals surface area contributed by atoms with Crippen molar-refractivity contribution >= 4 is 34.2 Å². The number of rotatable bonds is 6. The first-order chi connectivity index (χ1) is 17.1. The molecule has 2 aromatic heterocycles. The second-order valence-electron chi connectivity index (χ2n) is 7.90. The van der Waals surface area contributed by atoms with E-state index in [4.69, 9.17) is 9.72 Å². The van der Waals surface area contributed by atoms with Crippen LogP contribution in [0.1, 0.15) is 38.2 Å². The van der Waals surface area contributed by atoms with Crippen LogP contribution in [0, 0.1) is 0 Å². The van der Waals surface area contributed by atoms with E-state index in [1.54, 1.807) is 6.92 Å². The third-order valence-corrected chi connectivity index (χ3v) is 6.58. The fourth-order valence-corrected chi connectivity index (χ4v) is 4.87. The van der Waals surface area contributed by atoms with Crippen LogP contribution in [0.4, 0.5) is 10.9 Å². The van der Waals surface area contributed by atoms with Gasteiger partial charge in [0.1, 0.15) is 5.56 Å². The SMILES string of the molecule is CCOC(=O)c1cnc(-c2ccccc2)nc1Nc1nc2c(s1)CN(C(=O)c1ccccc1)CC2. The lowest BCUT2D eigenvalue weighted by Crippen LogP contribution is -2.35. The van der Waals surface area contributed by atoms with Crippen LogP contribution in [0.5, 0.6) is 0 Å². The van der Waals surface area contributed by atoms with Crippen LogP contribution in [-0.2, 0) is 17.7 Å². The topological polar surface area (TPSA) is 97.3 Å². The number of hydrogen-bond donors (Lipinski definition) is 1. The highest BCUT2D eigenvalue weighted by Gasteiger charge is 2.26. The average Bonchev–Trinajstić information content (AvgIpc) is 3.31. The molecule has 0 aliphatic carbocycles. The second-order valence-corrected chi connectivity index (χ2v) is 8.98. The zero-order valence-corrected chi connectivity index (χ0v) is 19.9. The van der Waals surface area contributed by atoms with Crippen molar-refractivity contribution in [1.82, 2.24) is 19.9 Å². The van der Waals surface area contributed by atoms with Crippen molar-refractivity contribution in [3.8, 4) is 11.4 Å². The van der Waals surface area contributed by atoms with Crippen LogP contribution in [0.25, 0.3) is 11.4 Å². The number of amides is 1. The van der Waals surface area contributed by atoms with Gasteiger partial charge in [-0.15, -0.1) is 0 Å². The zero-order chi connectivity index (χ0) is 24.2. The van der Waals surface area contributed by atoms with Crippen molar-refractivity contribution in [2.75, 3.05) is 18.5 Å². The van der Waals surface area contributed by atoms with Crippen LogP contribution < -0.4 is 5.32 Å². The van der Waals surface area contributed by atoms with Gasteiger partial charge in [0.25, 0.3) is 5.91 Å². The lowest BCUT2D eigenvalue weighted by atomic mass is 10.1. The molecule has 1 aliphatic rings. The first-order valence-corrected chi connectivity index (χ1v) is 12.1. The summed E-state index contributed by atoms with van der Waals surface area (Å²) >= 11 is 1.45. The van der Waals surface area contributed by atoms with Gasteiger partial charge in [-0.05, 0) is 19.1 Å². The van der Waals surface area contributed by atoms with Crippen molar-refractivity contribution < 1.29 is 14.3 Å². The molecule has 0 unspecified atom stereocenters. The zero-order valence-electron chi connectivity index (χ0n) is 19.1. The summed E-state index contributed by atoms with van der Waals surface area (Å²) in [5.41, 5.74) is 2.69. The van der Waals surface area contributed by atoms with Crippen LogP contribution in [0.15, 0.2) is 66.9 Å². The third kappa shape index (κ3) is 4.90. The Labute approximate surface area is 206 Å². The molecule has 2 aromatic carbocycles. The highest BCUT2D eigenvalue weighted by molar-refractivity contribution is 7.15. The first-order valence-electron chi connectivity index (χ1n) is 11.3. The molecule has 8 nitrogen and oxygen atoms in total. The number of nitrogens with zero attached hydrogens (tertiary/aromatic N) is 4. The number of aromatic nitrogens is 3. The lowest BCUT2D eigenvalue weighted by Gasteiger charge is -2.26. The first kappa shape index (κ1) is 22.7. The fourth-order valence-electron chi connectivity index (χ4n) is 3.85. The molecule has 0 radical (unpaired) electrons. The van der Waals surface area contributed by atoms with Gasteiger partial charge in [0.2, 0.25) is 0 Å². The summed E-state index contributed by atoms with van der Waals surface area (Å²) in [7, 11) is 0. The summed E-state index contributed by atoms with van der Waals surface area (Å²) in [5.74, 6) is 0.324. The predicted molar refractivity (Wildman–Crippen MR) is 134 cm³/mol. The minimum Gasteiger partial charge on any atom is -0.462 e. The van der Waals surface area contributed by atoms with E-state index in [1.807, 2.05) is 65.6 Å². The molecule has 0 spiro atoms. The molecular weight excluding hydrogens is 462 g/mol. The number of hydrogen-bond acceptors (Lipinski definition) is 8. The van der Waals surface area contributed by atoms with Gasteiger partial charge in [0.05, 0.1) is 18.8 Å². The lowest BCUT2D eigenvalue weighted by molar-refractivity contribution is 0.0526. The Morgan fingerprint density at radius 3 is 2.54 bits per heavy atom. The number of ether oxygens (including phenoxy) is 1. The molecule has 4 aromatic rings. The standard InChI is InChI=1S/C26H23N5O3S/c1-2-34-25(33)19-15-27-22(17-9-5-3-6-10-17)29-23(19)30-26-28-20-13-14-31(16-21(20)35-26)24(32)18-11-7-4-8-12-18/h3-12,15H,2,13-14,16H2,1H3,(H,27,28,29,30). The molecule has 1 aliphatic heterocycles. The monoisotopic (exact) mass is 485 g/mol. The van der Waals surface area contributed by atoms with E-state index in [-0.39, 0.29) is 18.1 Å². The Morgan fingerprint density at radius 1 is 1.06 bits per heavy atom. The number of anilines is 2. The molecule has 176 valence electrons. The number of fused-ring (bicyclic) bond motifs is 1. The number of nitrogens with one attached hydrogen (secondary N) is 1. The van der Waals surface area contributed by atoms with Crippen LogP contribution in [0.3, 0.4) is 0 Å². The predicted octanol–water partition coefficient (Wildman–Crippen LogP) is 4.72. The number of carbonyl (C=O) groups excluding carboxylic acids is 2. The second kappa shape index (κ2) is 10.0. The maximum Gasteiger partial charge on any atom is 0.343 e. The van der Waals surface area contributed by atoms with Gasteiger partial charge in [-0.2, -0.15) is 0 Å². The highest BCUT2D eigenvalue weighted by atomic mass is 32.1. The summed E-state index contributed by atoms with van der Waals surface area (Å²) in [5, 5.41) is 3.81. The minimum absolute atomic E-state index is 0.00654. The van der Waals surface area contributed by atoms with Gasteiger partial charge >= 0.3 is 5.97 Å². The molecule has 35 heavy (non-hydrogen) atoms. The summed E-state index contributed by atoms with van der Waals surface area (Å²) in [4.78, 5) is 42.0. The van der Waals surface area contributed by atoms with Gasteiger partial charge in [-0.25, -0.2) is 19.7 Å². The van der Waals surface area contributed by atoms with Gasteiger partial charge in [-0.1, -0.05) is 59.9 Å². The largest absolute Gasteiger partial charge is 0.462 e. The van der Waals surface area contributed by atoms with Crippen molar-refractivity contribution in [2.24, 2.45) is 0 Å². The Kier molecular flexibility index (Phi) is 6.49. The van der Waals surface area contributed by atoms with E-state index < -0.39 is 5.97 Å². The Morgan fingerprint density at radius 2 is 1.80 bits per heavy atom. The summed E-state index contributed by atoms with van der Waals surface area (Å²) in [6.45, 7) is 3.09. The number of carbonyl (C=O) groups is 2. The molecule has 0 saturated heterocycles. The van der Waals surface area contributed by atoms with Crippen LogP contribution in [-0.4, -0.2) is 44.9 Å². The van der Waals surface area contributed by atoms with Gasteiger partial charge in [-0.3, -0.25) is 4.79 Å². The fraction of sp³-hybridized carbons (Fsp3) is 0.192. The van der Waals surface area contributed by atoms with Crippen molar-refractivity contribution in [2.45, 2.75) is 19.9 Å². The molecule has 0 fully saturated rings. The van der Waals surface area contributed by atoms with Crippen LogP contribution >= 0.6 is 11.3 Å². The van der Waals surface area contributed by atoms with Gasteiger partial charge < -0.3 is 15.0 Å². The van der Waals surface area contributed by atoms with E-state index in [0.717, 1.165) is 16.1 Å². The maximum absolute atomic E-state index is 12.9. The molecule has 0 saturated carbocycles.